The maximum atomic E-state index is 11.4. The number of benzene rings is 1. The van der Waals surface area contributed by atoms with E-state index in [1.807, 2.05) is 37.3 Å². The van der Waals surface area contributed by atoms with Crippen LogP contribution in [0.2, 0.25) is 5.15 Å². The van der Waals surface area contributed by atoms with E-state index in [9.17, 15) is 9.90 Å². The highest BCUT2D eigenvalue weighted by Gasteiger charge is 2.17. The van der Waals surface area contributed by atoms with Crippen molar-refractivity contribution in [3.8, 4) is 0 Å². The van der Waals surface area contributed by atoms with Gasteiger partial charge in [0.05, 0.1) is 22.3 Å². The number of aryl methyl sites for hydroxylation is 2. The lowest BCUT2D eigenvalue weighted by molar-refractivity contribution is -0.135. The summed E-state index contributed by atoms with van der Waals surface area (Å²) < 4.78 is 2.81. The third-order valence-corrected chi connectivity index (χ3v) is 5.57. The van der Waals surface area contributed by atoms with Crippen LogP contribution in [0.25, 0.3) is 21.9 Å². The Labute approximate surface area is 160 Å². The molecule has 3 rings (SSSR count). The number of nitrogens with zero attached hydrogens (tertiary/aromatic N) is 3. The Morgan fingerprint density at radius 1 is 1.38 bits per heavy atom. The number of halogens is 1. The van der Waals surface area contributed by atoms with Gasteiger partial charge in [-0.05, 0) is 37.1 Å². The van der Waals surface area contributed by atoms with Crippen molar-refractivity contribution in [1.82, 2.24) is 14.8 Å². The van der Waals surface area contributed by atoms with Gasteiger partial charge in [-0.3, -0.25) is 9.48 Å². The van der Waals surface area contributed by atoms with Gasteiger partial charge in [0, 0.05) is 12.1 Å². The molecule has 0 aliphatic heterocycles. The Bertz CT molecular complexity index is 941. The number of thiazole rings is 1. The van der Waals surface area contributed by atoms with E-state index in [0.717, 1.165) is 40.9 Å². The zero-order valence-corrected chi connectivity index (χ0v) is 16.3. The summed E-state index contributed by atoms with van der Waals surface area (Å²) in [6, 6.07) is 7.78. The third kappa shape index (κ3) is 3.97. The molecule has 0 unspecified atom stereocenters. The molecule has 0 bridgehead atoms. The topological polar surface area (TPSA) is 68.0 Å². The lowest BCUT2D eigenvalue weighted by Gasteiger charge is -2.03. The molecule has 2 aromatic heterocycles. The molecular weight excluding hydrogens is 370 g/mol. The second-order valence-electron chi connectivity index (χ2n) is 6.09. The van der Waals surface area contributed by atoms with Crippen molar-refractivity contribution in [3.05, 3.63) is 45.7 Å². The molecule has 0 fully saturated rings. The number of hydrogen-bond acceptors (Lipinski definition) is 4. The zero-order chi connectivity index (χ0) is 18.7. The SMILES string of the molecule is CCCCn1nc(C)c(/C=C(\CC(=O)O)c2nc3ccccc3s2)c1Cl. The number of fused-ring (bicyclic) bond motifs is 1. The molecule has 5 nitrogen and oxygen atoms in total. The highest BCUT2D eigenvalue weighted by Crippen LogP contribution is 2.32. The van der Waals surface area contributed by atoms with Gasteiger partial charge in [-0.2, -0.15) is 5.10 Å². The van der Waals surface area contributed by atoms with E-state index in [2.05, 4.69) is 17.0 Å². The molecule has 7 heteroatoms. The summed E-state index contributed by atoms with van der Waals surface area (Å²) in [4.78, 5) is 16.0. The van der Waals surface area contributed by atoms with Crippen LogP contribution >= 0.6 is 22.9 Å². The van der Waals surface area contributed by atoms with Crippen molar-refractivity contribution in [2.45, 2.75) is 39.7 Å². The van der Waals surface area contributed by atoms with Crippen molar-refractivity contribution in [2.75, 3.05) is 0 Å². The minimum atomic E-state index is -0.900. The number of carboxylic acids is 1. The predicted molar refractivity (Wildman–Crippen MR) is 107 cm³/mol. The van der Waals surface area contributed by atoms with Crippen LogP contribution in [0.3, 0.4) is 0 Å². The molecule has 136 valence electrons. The van der Waals surface area contributed by atoms with Gasteiger partial charge in [0.2, 0.25) is 0 Å². The largest absolute Gasteiger partial charge is 0.481 e. The van der Waals surface area contributed by atoms with Crippen LogP contribution in [0.5, 0.6) is 0 Å². The first-order valence-corrected chi connectivity index (χ1v) is 9.70. The smallest absolute Gasteiger partial charge is 0.307 e. The van der Waals surface area contributed by atoms with E-state index in [1.54, 1.807) is 4.68 Å². The quantitative estimate of drug-likeness (QED) is 0.597. The monoisotopic (exact) mass is 389 g/mol. The molecule has 0 amide bonds. The van der Waals surface area contributed by atoms with Crippen molar-refractivity contribution in [2.24, 2.45) is 0 Å². The number of unbranched alkanes of at least 4 members (excludes halogenated alkanes) is 1. The number of rotatable bonds is 7. The van der Waals surface area contributed by atoms with E-state index < -0.39 is 5.97 Å². The van der Waals surface area contributed by atoms with E-state index >= 15 is 0 Å². The summed E-state index contributed by atoms with van der Waals surface area (Å²) >= 11 is 7.99. The second-order valence-corrected chi connectivity index (χ2v) is 7.48. The maximum Gasteiger partial charge on any atom is 0.307 e. The number of hydrogen-bond donors (Lipinski definition) is 1. The van der Waals surface area contributed by atoms with Crippen molar-refractivity contribution < 1.29 is 9.90 Å². The zero-order valence-electron chi connectivity index (χ0n) is 14.7. The number of carboxylic acid groups (broad SMARTS) is 1. The Balaban J connectivity index is 2.05. The summed E-state index contributed by atoms with van der Waals surface area (Å²) in [5.41, 5.74) is 3.05. The average Bonchev–Trinajstić information content (AvgIpc) is 3.15. The minimum absolute atomic E-state index is 0.115. The highest BCUT2D eigenvalue weighted by molar-refractivity contribution is 7.19. The van der Waals surface area contributed by atoms with Crippen LogP contribution in [0.15, 0.2) is 24.3 Å². The summed E-state index contributed by atoms with van der Waals surface area (Å²) in [5, 5.41) is 15.1. The molecule has 0 atom stereocenters. The standard InChI is InChI=1S/C19H20ClN3O2S/c1-3-4-9-23-18(20)14(12(2)22-23)10-13(11-17(24)25)19-21-15-7-5-6-8-16(15)26-19/h5-8,10H,3-4,9,11H2,1-2H3,(H,24,25)/b13-10+. The molecule has 1 N–H and O–H groups in total. The molecule has 0 saturated heterocycles. The third-order valence-electron chi connectivity index (χ3n) is 4.06. The van der Waals surface area contributed by atoms with Crippen LogP contribution in [0.4, 0.5) is 0 Å². The molecular formula is C19H20ClN3O2S. The first-order valence-electron chi connectivity index (χ1n) is 8.50. The fourth-order valence-electron chi connectivity index (χ4n) is 2.72. The first-order chi connectivity index (χ1) is 12.5. The molecule has 0 radical (unpaired) electrons. The van der Waals surface area contributed by atoms with E-state index in [0.29, 0.717) is 15.7 Å². The van der Waals surface area contributed by atoms with Crippen LogP contribution in [0, 0.1) is 6.92 Å². The molecule has 0 aliphatic carbocycles. The highest BCUT2D eigenvalue weighted by atomic mass is 35.5. The lowest BCUT2D eigenvalue weighted by atomic mass is 10.1. The second kappa shape index (κ2) is 8.01. The molecule has 2 heterocycles. The summed E-state index contributed by atoms with van der Waals surface area (Å²) in [5.74, 6) is -0.900. The van der Waals surface area contributed by atoms with Crippen LogP contribution in [-0.4, -0.2) is 25.8 Å². The number of aliphatic carboxylic acids is 1. The van der Waals surface area contributed by atoms with Crippen molar-refractivity contribution in [1.29, 1.82) is 0 Å². The van der Waals surface area contributed by atoms with Crippen molar-refractivity contribution >= 4 is 50.8 Å². The normalized spacial score (nSPS) is 12.0. The Morgan fingerprint density at radius 2 is 2.15 bits per heavy atom. The van der Waals surface area contributed by atoms with Gasteiger partial charge in [0.15, 0.2) is 0 Å². The number of carbonyl (C=O) groups is 1. The average molecular weight is 390 g/mol. The minimum Gasteiger partial charge on any atom is -0.481 e. The first kappa shape index (κ1) is 18.6. The lowest BCUT2D eigenvalue weighted by Crippen LogP contribution is -2.00. The summed E-state index contributed by atoms with van der Waals surface area (Å²) in [6.07, 6.45) is 3.74. The number of para-hydroxylation sites is 1. The van der Waals surface area contributed by atoms with Gasteiger partial charge in [0.25, 0.3) is 0 Å². The van der Waals surface area contributed by atoms with Crippen LogP contribution < -0.4 is 0 Å². The summed E-state index contributed by atoms with van der Waals surface area (Å²) in [6.45, 7) is 4.75. The molecule has 0 spiro atoms. The van der Waals surface area contributed by atoms with Gasteiger partial charge in [-0.15, -0.1) is 11.3 Å². The molecule has 0 aliphatic rings. The van der Waals surface area contributed by atoms with E-state index in [-0.39, 0.29) is 6.42 Å². The number of aromatic nitrogens is 3. The van der Waals surface area contributed by atoms with E-state index in [1.165, 1.54) is 11.3 Å². The Morgan fingerprint density at radius 3 is 2.85 bits per heavy atom. The van der Waals surface area contributed by atoms with Crippen LogP contribution in [-0.2, 0) is 11.3 Å². The fraction of sp³-hybridized carbons (Fsp3) is 0.316. The Kier molecular flexibility index (Phi) is 5.74. The van der Waals surface area contributed by atoms with Gasteiger partial charge in [0.1, 0.15) is 10.2 Å². The molecule has 26 heavy (non-hydrogen) atoms. The summed E-state index contributed by atoms with van der Waals surface area (Å²) in [7, 11) is 0. The van der Waals surface area contributed by atoms with Gasteiger partial charge < -0.3 is 5.11 Å². The molecule has 0 saturated carbocycles. The Hall–Kier alpha value is -2.18. The van der Waals surface area contributed by atoms with Crippen molar-refractivity contribution in [3.63, 3.8) is 0 Å². The van der Waals surface area contributed by atoms with Gasteiger partial charge in [-0.1, -0.05) is 37.1 Å². The van der Waals surface area contributed by atoms with Gasteiger partial charge in [-0.25, -0.2) is 4.98 Å². The maximum absolute atomic E-state index is 11.4. The van der Waals surface area contributed by atoms with Gasteiger partial charge >= 0.3 is 5.97 Å². The van der Waals surface area contributed by atoms with Crippen LogP contribution in [0.1, 0.15) is 42.5 Å². The predicted octanol–water partition coefficient (Wildman–Crippen LogP) is 5.27. The molecule has 3 aromatic rings. The fourth-order valence-corrected chi connectivity index (χ4v) is 4.02. The van der Waals surface area contributed by atoms with E-state index in [4.69, 9.17) is 11.6 Å². The molecule has 1 aromatic carbocycles.